The minimum atomic E-state index is -0.253. The lowest BCUT2D eigenvalue weighted by atomic mass is 9.85. The monoisotopic (exact) mass is 330 g/mol. The molecule has 126 valence electrons. The maximum atomic E-state index is 12.0. The maximum Gasteiger partial charge on any atom is 0.333 e. The number of esters is 1. The summed E-state index contributed by atoms with van der Waals surface area (Å²) in [6.45, 7) is 0. The fraction of sp³-hybridized carbons (Fsp3) is 0.174. The summed E-state index contributed by atoms with van der Waals surface area (Å²) in [6.07, 6.45) is 11.2. The number of rotatable bonds is 4. The van der Waals surface area contributed by atoms with Crippen molar-refractivity contribution in [3.05, 3.63) is 102 Å². The van der Waals surface area contributed by atoms with Crippen LogP contribution in [0.2, 0.25) is 0 Å². The highest BCUT2D eigenvalue weighted by atomic mass is 16.5. The number of hydrogen-bond acceptors (Lipinski definition) is 2. The van der Waals surface area contributed by atoms with E-state index >= 15 is 0 Å². The third-order valence-corrected chi connectivity index (χ3v) is 4.43. The number of carbonyl (C=O) groups is 1. The summed E-state index contributed by atoms with van der Waals surface area (Å²) in [5, 5.41) is 0. The number of methoxy groups -OCH3 is 1. The summed E-state index contributed by atoms with van der Waals surface area (Å²) in [4.78, 5) is 12.0. The molecule has 0 amide bonds. The van der Waals surface area contributed by atoms with Gasteiger partial charge in [0, 0.05) is 17.4 Å². The minimum absolute atomic E-state index is 0.0930. The zero-order chi connectivity index (χ0) is 17.5. The van der Waals surface area contributed by atoms with Crippen molar-refractivity contribution < 1.29 is 9.53 Å². The zero-order valence-electron chi connectivity index (χ0n) is 14.3. The second-order valence-corrected chi connectivity index (χ2v) is 6.10. The topological polar surface area (TPSA) is 26.3 Å². The van der Waals surface area contributed by atoms with E-state index in [2.05, 4.69) is 60.7 Å². The van der Waals surface area contributed by atoms with Crippen molar-refractivity contribution in [1.29, 1.82) is 0 Å². The average molecular weight is 330 g/mol. The van der Waals surface area contributed by atoms with E-state index in [1.54, 1.807) is 0 Å². The second kappa shape index (κ2) is 8.29. The summed E-state index contributed by atoms with van der Waals surface area (Å²) >= 11 is 0. The third-order valence-electron chi connectivity index (χ3n) is 4.43. The van der Waals surface area contributed by atoms with Crippen LogP contribution in [0.5, 0.6) is 0 Å². The molecule has 0 aromatic heterocycles. The summed E-state index contributed by atoms with van der Waals surface area (Å²) in [7, 11) is 1.43. The van der Waals surface area contributed by atoms with Gasteiger partial charge in [0.2, 0.25) is 0 Å². The molecular weight excluding hydrogens is 308 g/mol. The molecule has 0 unspecified atom stereocenters. The minimum Gasteiger partial charge on any atom is -0.466 e. The molecule has 0 saturated heterocycles. The lowest BCUT2D eigenvalue weighted by Crippen LogP contribution is -2.09. The van der Waals surface area contributed by atoms with Crippen LogP contribution in [0.25, 0.3) is 6.08 Å². The van der Waals surface area contributed by atoms with Crippen molar-refractivity contribution in [1.82, 2.24) is 0 Å². The molecule has 25 heavy (non-hydrogen) atoms. The lowest BCUT2D eigenvalue weighted by Gasteiger charge is -2.19. The Bertz CT molecular complexity index is 785. The van der Waals surface area contributed by atoms with E-state index in [0.717, 1.165) is 5.56 Å². The highest BCUT2D eigenvalue weighted by Crippen LogP contribution is 2.33. The molecular formula is C23H22O2. The standard InChI is InChI=1S/C23H22O2/c1-25-23(24)21-13-8-14-22(19-11-6-3-7-12-19)20(17-21)16-15-18-9-4-2-5-10-18/h2-12,14-17,20,22H,13H2,1H3/b16-15+/t20-,22-/m1/s1. The molecule has 0 spiro atoms. The maximum absolute atomic E-state index is 12.0. The van der Waals surface area contributed by atoms with E-state index in [1.807, 2.05) is 30.3 Å². The largest absolute Gasteiger partial charge is 0.466 e. The van der Waals surface area contributed by atoms with Gasteiger partial charge in [0.25, 0.3) is 0 Å². The predicted octanol–water partition coefficient (Wildman–Crippen LogP) is 5.16. The van der Waals surface area contributed by atoms with E-state index in [1.165, 1.54) is 12.7 Å². The quantitative estimate of drug-likeness (QED) is 0.572. The molecule has 0 radical (unpaired) electrons. The molecule has 3 rings (SSSR count). The van der Waals surface area contributed by atoms with Crippen LogP contribution in [0.15, 0.2) is 90.5 Å². The molecule has 0 N–H and O–H groups in total. The summed E-state index contributed by atoms with van der Waals surface area (Å²) in [5.74, 6) is 0.0373. The first-order valence-electron chi connectivity index (χ1n) is 8.52. The van der Waals surface area contributed by atoms with Crippen LogP contribution >= 0.6 is 0 Å². The van der Waals surface area contributed by atoms with E-state index in [-0.39, 0.29) is 17.8 Å². The lowest BCUT2D eigenvalue weighted by molar-refractivity contribution is -0.136. The van der Waals surface area contributed by atoms with E-state index < -0.39 is 0 Å². The van der Waals surface area contributed by atoms with E-state index in [0.29, 0.717) is 12.0 Å². The first-order valence-corrected chi connectivity index (χ1v) is 8.52. The summed E-state index contributed by atoms with van der Waals surface area (Å²) in [5.41, 5.74) is 3.10. The van der Waals surface area contributed by atoms with E-state index in [9.17, 15) is 4.79 Å². The van der Waals surface area contributed by atoms with Gasteiger partial charge in [0.05, 0.1) is 7.11 Å². The Morgan fingerprint density at radius 3 is 2.40 bits per heavy atom. The molecule has 0 heterocycles. The number of benzene rings is 2. The van der Waals surface area contributed by atoms with Crippen LogP contribution in [0.3, 0.4) is 0 Å². The molecule has 0 fully saturated rings. The molecule has 2 aromatic carbocycles. The zero-order valence-corrected chi connectivity index (χ0v) is 14.3. The Balaban J connectivity index is 1.97. The van der Waals surface area contributed by atoms with Gasteiger partial charge in [-0.05, 0) is 17.5 Å². The molecule has 0 saturated carbocycles. The molecule has 2 heteroatoms. The third kappa shape index (κ3) is 4.36. The SMILES string of the molecule is COC(=O)C1=C[C@@H](/C=C/c2ccccc2)[C@@H](c2ccccc2)C=CC1. The van der Waals surface area contributed by atoms with Crippen molar-refractivity contribution in [2.45, 2.75) is 12.3 Å². The van der Waals surface area contributed by atoms with Crippen molar-refractivity contribution in [3.8, 4) is 0 Å². The number of hydrogen-bond donors (Lipinski definition) is 0. The Morgan fingerprint density at radius 2 is 1.72 bits per heavy atom. The normalized spacial score (nSPS) is 20.1. The van der Waals surface area contributed by atoms with Crippen LogP contribution in [-0.2, 0) is 9.53 Å². The highest BCUT2D eigenvalue weighted by Gasteiger charge is 2.22. The Morgan fingerprint density at radius 1 is 1.04 bits per heavy atom. The summed E-state index contributed by atoms with van der Waals surface area (Å²) < 4.78 is 4.93. The van der Waals surface area contributed by atoms with Crippen LogP contribution in [0.4, 0.5) is 0 Å². The van der Waals surface area contributed by atoms with Gasteiger partial charge in [-0.1, -0.05) is 91.0 Å². The van der Waals surface area contributed by atoms with Gasteiger partial charge in [-0.15, -0.1) is 0 Å². The van der Waals surface area contributed by atoms with Gasteiger partial charge in [0.15, 0.2) is 0 Å². The van der Waals surface area contributed by atoms with Crippen LogP contribution in [0, 0.1) is 5.92 Å². The molecule has 2 atom stereocenters. The molecule has 1 aliphatic carbocycles. The second-order valence-electron chi connectivity index (χ2n) is 6.10. The Kier molecular flexibility index (Phi) is 5.63. The van der Waals surface area contributed by atoms with Crippen molar-refractivity contribution in [2.75, 3.05) is 7.11 Å². The highest BCUT2D eigenvalue weighted by molar-refractivity contribution is 5.89. The fourth-order valence-electron chi connectivity index (χ4n) is 3.13. The van der Waals surface area contributed by atoms with Crippen LogP contribution in [-0.4, -0.2) is 13.1 Å². The number of carbonyl (C=O) groups excluding carboxylic acids is 1. The van der Waals surface area contributed by atoms with Gasteiger partial charge < -0.3 is 4.74 Å². The molecule has 1 aliphatic rings. The van der Waals surface area contributed by atoms with Crippen molar-refractivity contribution >= 4 is 12.0 Å². The van der Waals surface area contributed by atoms with Gasteiger partial charge in [0.1, 0.15) is 0 Å². The summed E-state index contributed by atoms with van der Waals surface area (Å²) in [6, 6.07) is 20.6. The molecule has 0 bridgehead atoms. The predicted molar refractivity (Wildman–Crippen MR) is 102 cm³/mol. The van der Waals surface area contributed by atoms with Gasteiger partial charge in [-0.2, -0.15) is 0 Å². The first kappa shape index (κ1) is 17.0. The average Bonchev–Trinajstić information content (AvgIpc) is 2.90. The van der Waals surface area contributed by atoms with Crippen molar-refractivity contribution in [3.63, 3.8) is 0 Å². The number of ether oxygens (including phenoxy) is 1. The number of allylic oxidation sites excluding steroid dienone is 4. The van der Waals surface area contributed by atoms with Gasteiger partial charge in [-0.3, -0.25) is 0 Å². The molecule has 0 aliphatic heterocycles. The molecule has 2 nitrogen and oxygen atoms in total. The Labute approximate surface area is 149 Å². The van der Waals surface area contributed by atoms with Crippen LogP contribution < -0.4 is 0 Å². The first-order chi connectivity index (χ1) is 12.3. The van der Waals surface area contributed by atoms with Gasteiger partial charge in [-0.25, -0.2) is 4.79 Å². The fourth-order valence-corrected chi connectivity index (χ4v) is 3.13. The van der Waals surface area contributed by atoms with E-state index in [4.69, 9.17) is 4.74 Å². The smallest absolute Gasteiger partial charge is 0.333 e. The van der Waals surface area contributed by atoms with Crippen molar-refractivity contribution in [2.24, 2.45) is 5.92 Å². The van der Waals surface area contributed by atoms with Gasteiger partial charge >= 0.3 is 5.97 Å². The van der Waals surface area contributed by atoms with Crippen LogP contribution in [0.1, 0.15) is 23.5 Å². The molecule has 2 aromatic rings. The Hall–Kier alpha value is -2.87.